The number of hydrogen-bond donors (Lipinski definition) is 1. The molecule has 0 aromatic heterocycles. The van der Waals surface area contributed by atoms with E-state index in [1.54, 1.807) is 24.3 Å². The Hall–Kier alpha value is -3.10. The van der Waals surface area contributed by atoms with Gasteiger partial charge in [0.1, 0.15) is 11.6 Å². The molecule has 154 valence electrons. The lowest BCUT2D eigenvalue weighted by Crippen LogP contribution is -2.48. The number of amides is 1. The molecule has 1 aliphatic rings. The number of nitrogens with zero attached hydrogens (tertiary/aromatic N) is 1. The van der Waals surface area contributed by atoms with Crippen LogP contribution in [0.1, 0.15) is 0 Å². The van der Waals surface area contributed by atoms with E-state index in [-0.39, 0.29) is 17.2 Å². The summed E-state index contributed by atoms with van der Waals surface area (Å²) in [6, 6.07) is 17.6. The van der Waals surface area contributed by atoms with Crippen molar-refractivity contribution in [3.05, 3.63) is 83.6 Å². The molecule has 0 spiro atoms. The highest BCUT2D eigenvalue weighted by molar-refractivity contribution is 7.92. The van der Waals surface area contributed by atoms with Gasteiger partial charge in [-0.15, -0.1) is 0 Å². The summed E-state index contributed by atoms with van der Waals surface area (Å²) in [6.45, 7) is -0.227. The summed E-state index contributed by atoms with van der Waals surface area (Å²) in [4.78, 5) is 12.8. The topological polar surface area (TPSA) is 75.7 Å². The van der Waals surface area contributed by atoms with Crippen LogP contribution in [-0.4, -0.2) is 27.0 Å². The molecule has 1 aliphatic heterocycles. The molecule has 0 radical (unpaired) electrons. The predicted molar refractivity (Wildman–Crippen MR) is 112 cm³/mol. The van der Waals surface area contributed by atoms with Gasteiger partial charge in [-0.1, -0.05) is 23.7 Å². The number of carbonyl (C=O) groups is 1. The van der Waals surface area contributed by atoms with E-state index in [0.717, 1.165) is 4.31 Å². The summed E-state index contributed by atoms with van der Waals surface area (Å²) in [5.41, 5.74) is 0.703. The lowest BCUT2D eigenvalue weighted by molar-refractivity contribution is -0.122. The fourth-order valence-electron chi connectivity index (χ4n) is 3.06. The normalized spacial score (nSPS) is 15.8. The van der Waals surface area contributed by atoms with Gasteiger partial charge in [-0.05, 0) is 60.7 Å². The van der Waals surface area contributed by atoms with Gasteiger partial charge in [0.25, 0.3) is 15.9 Å². The summed E-state index contributed by atoms with van der Waals surface area (Å²) in [5.74, 6) is -0.718. The van der Waals surface area contributed by atoms with Crippen molar-refractivity contribution >= 4 is 38.9 Å². The minimum atomic E-state index is -3.97. The highest BCUT2D eigenvalue weighted by atomic mass is 35.5. The number of carbonyl (C=O) groups excluding carboxylic acids is 1. The average Bonchev–Trinajstić information content (AvgIpc) is 2.74. The molecule has 0 bridgehead atoms. The fourth-order valence-corrected chi connectivity index (χ4v) is 4.66. The first-order valence-corrected chi connectivity index (χ1v) is 10.8. The van der Waals surface area contributed by atoms with Crippen LogP contribution in [0.3, 0.4) is 0 Å². The Morgan fingerprint density at radius 1 is 1.03 bits per heavy atom. The third kappa shape index (κ3) is 3.96. The van der Waals surface area contributed by atoms with E-state index in [1.165, 1.54) is 48.5 Å². The quantitative estimate of drug-likeness (QED) is 0.655. The van der Waals surface area contributed by atoms with Gasteiger partial charge in [0.05, 0.1) is 17.1 Å². The van der Waals surface area contributed by atoms with Crippen LogP contribution >= 0.6 is 11.6 Å². The van der Waals surface area contributed by atoms with E-state index < -0.39 is 27.9 Å². The Morgan fingerprint density at radius 2 is 1.70 bits per heavy atom. The summed E-state index contributed by atoms with van der Waals surface area (Å²) >= 11 is 5.88. The number of hydrogen-bond acceptors (Lipinski definition) is 4. The predicted octanol–water partition coefficient (Wildman–Crippen LogP) is 4.07. The maximum absolute atomic E-state index is 13.3. The van der Waals surface area contributed by atoms with E-state index >= 15 is 0 Å². The molecule has 30 heavy (non-hydrogen) atoms. The highest BCUT2D eigenvalue weighted by Gasteiger charge is 2.37. The van der Waals surface area contributed by atoms with Crippen LogP contribution in [0.25, 0.3) is 0 Å². The molecule has 0 unspecified atom stereocenters. The van der Waals surface area contributed by atoms with Crippen LogP contribution in [0.15, 0.2) is 77.7 Å². The van der Waals surface area contributed by atoms with Crippen molar-refractivity contribution in [2.75, 3.05) is 16.2 Å². The summed E-state index contributed by atoms with van der Waals surface area (Å²) in [7, 11) is -3.97. The first kappa shape index (κ1) is 20.2. The fraction of sp³-hybridized carbons (Fsp3) is 0.0952. The third-order valence-corrected chi connectivity index (χ3v) is 6.59. The van der Waals surface area contributed by atoms with Crippen molar-refractivity contribution < 1.29 is 22.3 Å². The smallest absolute Gasteiger partial charge is 0.267 e. The Bertz CT molecular complexity index is 1180. The molecule has 0 saturated carbocycles. The van der Waals surface area contributed by atoms with Gasteiger partial charge < -0.3 is 10.1 Å². The van der Waals surface area contributed by atoms with Crippen molar-refractivity contribution in [3.63, 3.8) is 0 Å². The molecule has 0 fully saturated rings. The number of fused-ring (bicyclic) bond motifs is 1. The molecular weight excluding hydrogens is 431 g/mol. The number of halogens is 2. The van der Waals surface area contributed by atoms with Crippen molar-refractivity contribution in [1.82, 2.24) is 0 Å². The molecule has 3 aromatic carbocycles. The number of ether oxygens (including phenoxy) is 1. The molecule has 9 heteroatoms. The van der Waals surface area contributed by atoms with Gasteiger partial charge in [0.2, 0.25) is 0 Å². The molecule has 0 saturated heterocycles. The number of sulfonamides is 1. The van der Waals surface area contributed by atoms with Gasteiger partial charge in [0.15, 0.2) is 6.10 Å². The minimum absolute atomic E-state index is 0.0429. The molecule has 1 N–H and O–H groups in total. The van der Waals surface area contributed by atoms with E-state index in [0.29, 0.717) is 16.4 Å². The third-order valence-electron chi connectivity index (χ3n) is 4.54. The summed E-state index contributed by atoms with van der Waals surface area (Å²) < 4.78 is 46.6. The second kappa shape index (κ2) is 7.97. The molecule has 1 amide bonds. The van der Waals surface area contributed by atoms with Gasteiger partial charge >= 0.3 is 0 Å². The van der Waals surface area contributed by atoms with Gasteiger partial charge in [-0.2, -0.15) is 0 Å². The summed E-state index contributed by atoms with van der Waals surface area (Å²) in [5, 5.41) is 3.03. The van der Waals surface area contributed by atoms with Gasteiger partial charge in [-0.25, -0.2) is 12.8 Å². The zero-order valence-electron chi connectivity index (χ0n) is 15.5. The number of para-hydroxylation sites is 2. The molecule has 4 rings (SSSR count). The second-order valence-electron chi connectivity index (χ2n) is 6.56. The SMILES string of the molecule is O=C(Nc1ccc(F)cc1)[C@@H]1CN(S(=O)(=O)c2ccc(Cl)cc2)c2ccccc2O1. The standard InChI is InChI=1S/C21H16ClFN2O4S/c22-14-5-11-17(12-6-14)30(27,28)25-13-20(29-19-4-2-1-3-18(19)25)21(26)24-16-9-7-15(23)8-10-16/h1-12,20H,13H2,(H,24,26)/t20-/m0/s1. The number of rotatable bonds is 4. The zero-order chi connectivity index (χ0) is 21.3. The molecule has 0 aliphatic carbocycles. The molecule has 1 heterocycles. The Balaban J connectivity index is 1.66. The Labute approximate surface area is 177 Å². The van der Waals surface area contributed by atoms with Crippen LogP contribution in [-0.2, 0) is 14.8 Å². The largest absolute Gasteiger partial charge is 0.476 e. The lowest BCUT2D eigenvalue weighted by atomic mass is 10.2. The molecule has 3 aromatic rings. The van der Waals surface area contributed by atoms with Crippen molar-refractivity contribution in [3.8, 4) is 5.75 Å². The Kier molecular flexibility index (Phi) is 5.36. The second-order valence-corrected chi connectivity index (χ2v) is 8.86. The van der Waals surface area contributed by atoms with Crippen LogP contribution in [0, 0.1) is 5.82 Å². The first-order valence-electron chi connectivity index (χ1n) is 8.95. The Morgan fingerprint density at radius 3 is 2.40 bits per heavy atom. The van der Waals surface area contributed by atoms with Crippen molar-refractivity contribution in [2.24, 2.45) is 0 Å². The molecule has 6 nitrogen and oxygen atoms in total. The van der Waals surface area contributed by atoms with Crippen molar-refractivity contribution in [1.29, 1.82) is 0 Å². The van der Waals surface area contributed by atoms with Gasteiger partial charge in [-0.3, -0.25) is 9.10 Å². The lowest BCUT2D eigenvalue weighted by Gasteiger charge is -2.34. The minimum Gasteiger partial charge on any atom is -0.476 e. The van der Waals surface area contributed by atoms with E-state index in [4.69, 9.17) is 16.3 Å². The van der Waals surface area contributed by atoms with E-state index in [9.17, 15) is 17.6 Å². The maximum Gasteiger partial charge on any atom is 0.267 e. The first-order chi connectivity index (χ1) is 14.3. The summed E-state index contributed by atoms with van der Waals surface area (Å²) in [6.07, 6.45) is -1.10. The van der Waals surface area contributed by atoms with E-state index in [2.05, 4.69) is 5.32 Å². The van der Waals surface area contributed by atoms with Crippen molar-refractivity contribution in [2.45, 2.75) is 11.0 Å². The molecular formula is C21H16ClFN2O4S. The maximum atomic E-state index is 13.3. The van der Waals surface area contributed by atoms with Gasteiger partial charge in [0, 0.05) is 10.7 Å². The number of nitrogens with one attached hydrogen (secondary N) is 1. The number of anilines is 2. The van der Waals surface area contributed by atoms with E-state index in [1.807, 2.05) is 0 Å². The monoisotopic (exact) mass is 446 g/mol. The highest BCUT2D eigenvalue weighted by Crippen LogP contribution is 2.37. The van der Waals surface area contributed by atoms with Crippen LogP contribution < -0.4 is 14.4 Å². The average molecular weight is 447 g/mol. The van der Waals surface area contributed by atoms with Crippen LogP contribution in [0.4, 0.5) is 15.8 Å². The molecule has 1 atom stereocenters. The zero-order valence-corrected chi connectivity index (χ0v) is 17.0. The van der Waals surface area contributed by atoms with Crippen LogP contribution in [0.5, 0.6) is 5.75 Å². The number of benzene rings is 3. The van der Waals surface area contributed by atoms with Crippen LogP contribution in [0.2, 0.25) is 5.02 Å².